The zero-order valence-electron chi connectivity index (χ0n) is 13.1. The van der Waals surface area contributed by atoms with Crippen LogP contribution in [0.15, 0.2) is 12.1 Å². The maximum absolute atomic E-state index is 13.6. The van der Waals surface area contributed by atoms with E-state index in [0.717, 1.165) is 26.4 Å². The fourth-order valence-corrected chi connectivity index (χ4v) is 2.16. The van der Waals surface area contributed by atoms with Gasteiger partial charge in [0.15, 0.2) is 0 Å². The molecule has 4 nitrogen and oxygen atoms in total. The van der Waals surface area contributed by atoms with Gasteiger partial charge in [0, 0.05) is 12.1 Å². The summed E-state index contributed by atoms with van der Waals surface area (Å²) in [5.41, 5.74) is -0.922. The molecule has 0 heterocycles. The first-order chi connectivity index (χ1) is 10.9. The highest BCUT2D eigenvalue weighted by molar-refractivity contribution is 5.97. The van der Waals surface area contributed by atoms with E-state index in [1.54, 1.807) is 0 Å². The summed E-state index contributed by atoms with van der Waals surface area (Å²) in [5.74, 6) is -5.59. The number of carbonyl (C=O) groups excluding carboxylic acids is 2. The number of hydrogen-bond donors (Lipinski definition) is 1. The van der Waals surface area contributed by atoms with Crippen molar-refractivity contribution >= 4 is 11.9 Å². The van der Waals surface area contributed by atoms with Gasteiger partial charge in [-0.2, -0.15) is 0 Å². The Labute approximate surface area is 133 Å². The van der Waals surface area contributed by atoms with Gasteiger partial charge in [0.1, 0.15) is 29.1 Å². The lowest BCUT2D eigenvalue weighted by molar-refractivity contribution is -0.143. The Morgan fingerprint density at radius 1 is 1.13 bits per heavy atom. The maximum atomic E-state index is 13.6. The highest BCUT2D eigenvalue weighted by atomic mass is 19.1. The second kappa shape index (κ2) is 9.17. The molecule has 128 valence electrons. The van der Waals surface area contributed by atoms with Gasteiger partial charge in [0.25, 0.3) is 5.91 Å². The third-order valence-electron chi connectivity index (χ3n) is 3.37. The summed E-state index contributed by atoms with van der Waals surface area (Å²) in [7, 11) is 1.16. The smallest absolute Gasteiger partial charge is 0.328 e. The van der Waals surface area contributed by atoms with Crippen LogP contribution >= 0.6 is 0 Å². The molecule has 0 spiro atoms. The van der Waals surface area contributed by atoms with Gasteiger partial charge in [-0.15, -0.1) is 0 Å². The van der Waals surface area contributed by atoms with E-state index in [1.807, 2.05) is 6.92 Å². The van der Waals surface area contributed by atoms with E-state index in [9.17, 15) is 22.8 Å². The van der Waals surface area contributed by atoms with Crippen LogP contribution in [0, 0.1) is 17.5 Å². The highest BCUT2D eigenvalue weighted by Gasteiger charge is 2.25. The minimum absolute atomic E-state index is 0.294. The lowest BCUT2D eigenvalue weighted by Crippen LogP contribution is -2.42. The van der Waals surface area contributed by atoms with Crippen molar-refractivity contribution in [2.45, 2.75) is 45.1 Å². The molecule has 1 aromatic carbocycles. The SMILES string of the molecule is CCCCCC[C@H](NC(=O)c1c(F)cc(F)cc1F)C(=O)OC. The van der Waals surface area contributed by atoms with Crippen molar-refractivity contribution in [1.29, 1.82) is 0 Å². The van der Waals surface area contributed by atoms with Crippen LogP contribution in [0.5, 0.6) is 0 Å². The Morgan fingerprint density at radius 3 is 2.26 bits per heavy atom. The van der Waals surface area contributed by atoms with Crippen LogP contribution in [0.2, 0.25) is 0 Å². The van der Waals surface area contributed by atoms with Gasteiger partial charge in [-0.1, -0.05) is 32.6 Å². The van der Waals surface area contributed by atoms with Gasteiger partial charge >= 0.3 is 5.97 Å². The third kappa shape index (κ3) is 5.58. The standard InChI is InChI=1S/C16H20F3NO3/c1-3-4-5-6-7-13(16(22)23-2)20-15(21)14-11(18)8-10(17)9-12(14)19/h8-9,13H,3-7H2,1-2H3,(H,20,21)/t13-/m0/s1. The van der Waals surface area contributed by atoms with Crippen molar-refractivity contribution in [2.75, 3.05) is 7.11 Å². The minimum Gasteiger partial charge on any atom is -0.467 e. The fourth-order valence-electron chi connectivity index (χ4n) is 2.16. The molecule has 0 bridgehead atoms. The zero-order chi connectivity index (χ0) is 17.4. The van der Waals surface area contributed by atoms with Crippen molar-refractivity contribution in [3.8, 4) is 0 Å². The predicted molar refractivity (Wildman–Crippen MR) is 78.3 cm³/mol. The number of methoxy groups -OCH3 is 1. The van der Waals surface area contributed by atoms with E-state index in [4.69, 9.17) is 0 Å². The van der Waals surface area contributed by atoms with Crippen LogP contribution in [0.3, 0.4) is 0 Å². The van der Waals surface area contributed by atoms with E-state index >= 15 is 0 Å². The monoisotopic (exact) mass is 331 g/mol. The lowest BCUT2D eigenvalue weighted by Gasteiger charge is -2.17. The summed E-state index contributed by atoms with van der Waals surface area (Å²) in [6.45, 7) is 2.03. The number of carbonyl (C=O) groups is 2. The van der Waals surface area contributed by atoms with Gasteiger partial charge < -0.3 is 10.1 Å². The molecule has 0 aliphatic rings. The average Bonchev–Trinajstić information content (AvgIpc) is 2.48. The fraction of sp³-hybridized carbons (Fsp3) is 0.500. The molecule has 0 saturated heterocycles. The van der Waals surface area contributed by atoms with Crippen LogP contribution in [-0.2, 0) is 9.53 Å². The summed E-state index contributed by atoms with van der Waals surface area (Å²) in [6.07, 6.45) is 3.79. The van der Waals surface area contributed by atoms with Gasteiger partial charge in [0.05, 0.1) is 7.11 Å². The molecule has 0 aromatic heterocycles. The number of hydrogen-bond acceptors (Lipinski definition) is 3. The van der Waals surface area contributed by atoms with Crippen molar-refractivity contribution in [1.82, 2.24) is 5.32 Å². The summed E-state index contributed by atoms with van der Waals surface area (Å²) in [4.78, 5) is 23.7. The van der Waals surface area contributed by atoms with Gasteiger partial charge in [0.2, 0.25) is 0 Å². The van der Waals surface area contributed by atoms with Gasteiger partial charge in [-0.3, -0.25) is 4.79 Å². The highest BCUT2D eigenvalue weighted by Crippen LogP contribution is 2.15. The number of esters is 1. The van der Waals surface area contributed by atoms with E-state index in [0.29, 0.717) is 25.0 Å². The average molecular weight is 331 g/mol. The second-order valence-corrected chi connectivity index (χ2v) is 5.14. The molecule has 0 radical (unpaired) electrons. The van der Waals surface area contributed by atoms with Crippen LogP contribution in [-0.4, -0.2) is 25.0 Å². The molecule has 1 N–H and O–H groups in total. The van der Waals surface area contributed by atoms with Crippen molar-refractivity contribution in [3.05, 3.63) is 35.1 Å². The van der Waals surface area contributed by atoms with Gasteiger partial charge in [-0.25, -0.2) is 18.0 Å². The quantitative estimate of drug-likeness (QED) is 0.587. The van der Waals surface area contributed by atoms with Gasteiger partial charge in [-0.05, 0) is 6.42 Å². The molecule has 0 unspecified atom stereocenters. The summed E-state index contributed by atoms with van der Waals surface area (Å²) in [5, 5.41) is 2.25. The Balaban J connectivity index is 2.82. The number of halogens is 3. The first-order valence-corrected chi connectivity index (χ1v) is 7.43. The Morgan fingerprint density at radius 2 is 1.74 bits per heavy atom. The first-order valence-electron chi connectivity index (χ1n) is 7.43. The van der Waals surface area contributed by atoms with Crippen LogP contribution in [0.25, 0.3) is 0 Å². The number of benzene rings is 1. The number of amides is 1. The molecule has 0 fully saturated rings. The molecule has 0 saturated carbocycles. The van der Waals surface area contributed by atoms with E-state index in [1.165, 1.54) is 0 Å². The molecule has 1 rings (SSSR count). The molecular weight excluding hydrogens is 311 g/mol. The molecule has 0 aliphatic heterocycles. The maximum Gasteiger partial charge on any atom is 0.328 e. The molecule has 23 heavy (non-hydrogen) atoms. The summed E-state index contributed by atoms with van der Waals surface area (Å²) < 4.78 is 44.6. The normalized spacial score (nSPS) is 11.9. The Hall–Kier alpha value is -2.05. The van der Waals surface area contributed by atoms with Crippen molar-refractivity contribution in [2.24, 2.45) is 0 Å². The first kappa shape index (κ1) is 19.0. The molecular formula is C16H20F3NO3. The minimum atomic E-state index is -1.32. The van der Waals surface area contributed by atoms with Crippen LogP contribution < -0.4 is 5.32 Å². The summed E-state index contributed by atoms with van der Waals surface area (Å²) in [6, 6.07) is -0.188. The third-order valence-corrected chi connectivity index (χ3v) is 3.37. The van der Waals surface area contributed by atoms with Crippen LogP contribution in [0.1, 0.15) is 49.4 Å². The van der Waals surface area contributed by atoms with Crippen molar-refractivity contribution in [3.63, 3.8) is 0 Å². The number of rotatable bonds is 8. The molecule has 1 aromatic rings. The molecule has 1 atom stereocenters. The zero-order valence-corrected chi connectivity index (χ0v) is 13.1. The van der Waals surface area contributed by atoms with E-state index in [2.05, 4.69) is 10.1 Å². The lowest BCUT2D eigenvalue weighted by atomic mass is 10.1. The van der Waals surface area contributed by atoms with E-state index in [-0.39, 0.29) is 0 Å². The Bertz CT molecular complexity index is 540. The number of ether oxygens (including phenoxy) is 1. The Kier molecular flexibility index (Phi) is 7.57. The topological polar surface area (TPSA) is 55.4 Å². The molecule has 0 aliphatic carbocycles. The molecule has 7 heteroatoms. The molecule has 1 amide bonds. The van der Waals surface area contributed by atoms with E-state index < -0.39 is 40.9 Å². The summed E-state index contributed by atoms with van der Waals surface area (Å²) >= 11 is 0. The number of nitrogens with one attached hydrogen (secondary N) is 1. The number of unbranched alkanes of at least 4 members (excludes halogenated alkanes) is 3. The largest absolute Gasteiger partial charge is 0.467 e. The van der Waals surface area contributed by atoms with Crippen molar-refractivity contribution < 1.29 is 27.5 Å². The second-order valence-electron chi connectivity index (χ2n) is 5.14. The predicted octanol–water partition coefficient (Wildman–Crippen LogP) is 3.35. The van der Waals surface area contributed by atoms with Crippen LogP contribution in [0.4, 0.5) is 13.2 Å².